The van der Waals surface area contributed by atoms with Crippen molar-refractivity contribution in [3.8, 4) is 17.2 Å². The van der Waals surface area contributed by atoms with Crippen LogP contribution >= 0.6 is 0 Å². The second kappa shape index (κ2) is 10.6. The Morgan fingerprint density at radius 2 is 1.75 bits per heavy atom. The first-order valence-corrected chi connectivity index (χ1v) is 11.5. The normalized spacial score (nSPS) is 10.8. The van der Waals surface area contributed by atoms with Gasteiger partial charge in [0.05, 0.1) is 11.6 Å². The predicted octanol–water partition coefficient (Wildman–Crippen LogP) is 7.36. The fraction of sp³-hybridized carbons (Fsp3) is 0.241. The molecular formula is C29H29N3. The van der Waals surface area contributed by atoms with Gasteiger partial charge in [0.25, 0.3) is 0 Å². The van der Waals surface area contributed by atoms with E-state index in [-0.39, 0.29) is 0 Å². The Kier molecular flexibility index (Phi) is 7.15. The maximum absolute atomic E-state index is 9.85. The average Bonchev–Trinajstić information content (AvgIpc) is 2.86. The molecule has 4 rings (SSSR count). The molecule has 0 radical (unpaired) electrons. The highest BCUT2D eigenvalue weighted by Crippen LogP contribution is 2.34. The molecule has 3 aromatic carbocycles. The highest BCUT2D eigenvalue weighted by molar-refractivity contribution is 5.98. The van der Waals surface area contributed by atoms with Gasteiger partial charge in [-0.3, -0.25) is 4.98 Å². The highest BCUT2D eigenvalue weighted by Gasteiger charge is 2.14. The van der Waals surface area contributed by atoms with Crippen LogP contribution < -0.4 is 4.90 Å². The molecule has 32 heavy (non-hydrogen) atoms. The summed E-state index contributed by atoms with van der Waals surface area (Å²) in [6.45, 7) is 4.03. The van der Waals surface area contributed by atoms with Gasteiger partial charge >= 0.3 is 0 Å². The van der Waals surface area contributed by atoms with Crippen LogP contribution in [0.3, 0.4) is 0 Å². The lowest BCUT2D eigenvalue weighted by Gasteiger charge is -2.26. The number of hydrogen-bond donors (Lipinski definition) is 0. The first-order chi connectivity index (χ1) is 15.8. The molecule has 4 aromatic rings. The smallest absolute Gasteiger partial charge is 0.0998 e. The number of fused-ring (bicyclic) bond motifs is 1. The fourth-order valence-electron chi connectivity index (χ4n) is 4.25. The lowest BCUT2D eigenvalue weighted by atomic mass is 9.94. The molecule has 3 heteroatoms. The molecule has 0 aliphatic carbocycles. The topological polar surface area (TPSA) is 39.9 Å². The summed E-state index contributed by atoms with van der Waals surface area (Å²) in [6, 6.07) is 27.5. The van der Waals surface area contributed by atoms with Gasteiger partial charge in [-0.25, -0.2) is 0 Å². The molecule has 0 fully saturated rings. The third kappa shape index (κ3) is 4.98. The van der Waals surface area contributed by atoms with E-state index in [1.54, 1.807) is 0 Å². The van der Waals surface area contributed by atoms with Crippen molar-refractivity contribution in [1.82, 2.24) is 4.98 Å². The molecular weight excluding hydrogens is 390 g/mol. The van der Waals surface area contributed by atoms with Gasteiger partial charge in [0.2, 0.25) is 0 Å². The number of pyridine rings is 1. The zero-order valence-corrected chi connectivity index (χ0v) is 18.7. The van der Waals surface area contributed by atoms with Gasteiger partial charge in [0.1, 0.15) is 0 Å². The van der Waals surface area contributed by atoms with E-state index in [0.717, 1.165) is 36.3 Å². The van der Waals surface area contributed by atoms with Crippen molar-refractivity contribution in [1.29, 1.82) is 5.26 Å². The van der Waals surface area contributed by atoms with Crippen molar-refractivity contribution in [3.05, 3.63) is 96.3 Å². The largest absolute Gasteiger partial charge is 0.367 e. The molecule has 0 amide bonds. The standard InChI is InChI=1S/C29H29N3/c1-2-3-4-7-18-32(22-23-10-9-17-31-21-23)26-16-15-25(20-30)29(19-26)28-14-8-12-24-11-5-6-13-27(24)28/h5-6,8-17,19,21H,2-4,7,18,22H2,1H3. The van der Waals surface area contributed by atoms with Crippen molar-refractivity contribution in [2.24, 2.45) is 0 Å². The van der Waals surface area contributed by atoms with Gasteiger partial charge in [0.15, 0.2) is 0 Å². The van der Waals surface area contributed by atoms with E-state index in [1.807, 2.05) is 24.5 Å². The second-order valence-electron chi connectivity index (χ2n) is 8.21. The van der Waals surface area contributed by atoms with E-state index >= 15 is 0 Å². The van der Waals surface area contributed by atoms with E-state index < -0.39 is 0 Å². The summed E-state index contributed by atoms with van der Waals surface area (Å²) in [4.78, 5) is 6.72. The lowest BCUT2D eigenvalue weighted by Crippen LogP contribution is -2.24. The molecule has 1 heterocycles. The molecule has 0 atom stereocenters. The SMILES string of the molecule is CCCCCCN(Cc1cccnc1)c1ccc(C#N)c(-c2cccc3ccccc23)c1. The van der Waals surface area contributed by atoms with Crippen molar-refractivity contribution in [3.63, 3.8) is 0 Å². The lowest BCUT2D eigenvalue weighted by molar-refractivity contribution is 0.642. The number of hydrogen-bond acceptors (Lipinski definition) is 3. The van der Waals surface area contributed by atoms with Crippen molar-refractivity contribution >= 4 is 16.5 Å². The number of unbranched alkanes of at least 4 members (excludes halogenated alkanes) is 3. The summed E-state index contributed by atoms with van der Waals surface area (Å²) < 4.78 is 0. The molecule has 0 aliphatic heterocycles. The maximum Gasteiger partial charge on any atom is 0.0998 e. The number of nitrogens with zero attached hydrogens (tertiary/aromatic N) is 3. The first-order valence-electron chi connectivity index (χ1n) is 11.5. The molecule has 0 saturated heterocycles. The highest BCUT2D eigenvalue weighted by atomic mass is 15.1. The van der Waals surface area contributed by atoms with Crippen LogP contribution in [-0.4, -0.2) is 11.5 Å². The van der Waals surface area contributed by atoms with Crippen LogP contribution in [0.4, 0.5) is 5.69 Å². The molecule has 160 valence electrons. The van der Waals surface area contributed by atoms with Gasteiger partial charge < -0.3 is 4.90 Å². The van der Waals surface area contributed by atoms with Gasteiger partial charge in [-0.15, -0.1) is 0 Å². The number of aromatic nitrogens is 1. The third-order valence-corrected chi connectivity index (χ3v) is 5.95. The Labute approximate surface area is 191 Å². The Morgan fingerprint density at radius 3 is 2.56 bits per heavy atom. The second-order valence-corrected chi connectivity index (χ2v) is 8.21. The summed E-state index contributed by atoms with van der Waals surface area (Å²) in [5.74, 6) is 0. The molecule has 0 N–H and O–H groups in total. The van der Waals surface area contributed by atoms with Crippen LogP contribution in [0.1, 0.15) is 43.7 Å². The summed E-state index contributed by atoms with van der Waals surface area (Å²) in [5.41, 5.74) is 5.14. The molecule has 1 aromatic heterocycles. The minimum Gasteiger partial charge on any atom is -0.367 e. The van der Waals surface area contributed by atoms with Gasteiger partial charge in [-0.05, 0) is 52.6 Å². The minimum absolute atomic E-state index is 0.706. The molecule has 0 bridgehead atoms. The molecule has 0 unspecified atom stereocenters. The Bertz CT molecular complexity index is 1200. The Balaban J connectivity index is 1.74. The summed E-state index contributed by atoms with van der Waals surface area (Å²) in [5, 5.41) is 12.2. The molecule has 0 saturated carbocycles. The molecule has 0 spiro atoms. The maximum atomic E-state index is 9.85. The molecule has 3 nitrogen and oxygen atoms in total. The van der Waals surface area contributed by atoms with Crippen molar-refractivity contribution in [2.45, 2.75) is 39.2 Å². The van der Waals surface area contributed by atoms with Crippen LogP contribution in [0.2, 0.25) is 0 Å². The van der Waals surface area contributed by atoms with E-state index in [0.29, 0.717) is 5.56 Å². The van der Waals surface area contributed by atoms with E-state index in [1.165, 1.54) is 35.6 Å². The first kappa shape index (κ1) is 21.6. The Hall–Kier alpha value is -3.64. The van der Waals surface area contributed by atoms with Crippen LogP contribution in [0.5, 0.6) is 0 Å². The monoisotopic (exact) mass is 419 g/mol. The Morgan fingerprint density at radius 1 is 0.875 bits per heavy atom. The van der Waals surface area contributed by atoms with E-state index in [9.17, 15) is 5.26 Å². The van der Waals surface area contributed by atoms with Gasteiger partial charge in [0, 0.05) is 36.7 Å². The number of nitriles is 1. The number of benzene rings is 3. The fourth-order valence-corrected chi connectivity index (χ4v) is 4.25. The quantitative estimate of drug-likeness (QED) is 0.266. The van der Waals surface area contributed by atoms with Crippen LogP contribution in [0.15, 0.2) is 85.2 Å². The predicted molar refractivity (Wildman–Crippen MR) is 134 cm³/mol. The van der Waals surface area contributed by atoms with Crippen molar-refractivity contribution in [2.75, 3.05) is 11.4 Å². The summed E-state index contributed by atoms with van der Waals surface area (Å²) in [7, 11) is 0. The van der Waals surface area contributed by atoms with Crippen LogP contribution in [0, 0.1) is 11.3 Å². The molecule has 0 aliphatic rings. The van der Waals surface area contributed by atoms with Crippen molar-refractivity contribution < 1.29 is 0 Å². The zero-order valence-electron chi connectivity index (χ0n) is 18.7. The third-order valence-electron chi connectivity index (χ3n) is 5.95. The number of anilines is 1. The van der Waals surface area contributed by atoms with Crippen LogP contribution in [-0.2, 0) is 6.54 Å². The minimum atomic E-state index is 0.706. The van der Waals surface area contributed by atoms with E-state index in [2.05, 4.69) is 83.5 Å². The average molecular weight is 420 g/mol. The summed E-state index contributed by atoms with van der Waals surface area (Å²) in [6.07, 6.45) is 8.62. The number of rotatable bonds is 9. The van der Waals surface area contributed by atoms with Crippen LogP contribution in [0.25, 0.3) is 21.9 Å². The van der Waals surface area contributed by atoms with Gasteiger partial charge in [-0.2, -0.15) is 5.26 Å². The van der Waals surface area contributed by atoms with Gasteiger partial charge in [-0.1, -0.05) is 74.7 Å². The summed E-state index contributed by atoms with van der Waals surface area (Å²) >= 11 is 0. The zero-order chi connectivity index (χ0) is 22.2. The van der Waals surface area contributed by atoms with E-state index in [4.69, 9.17) is 0 Å².